The molecule has 0 radical (unpaired) electrons. The summed E-state index contributed by atoms with van der Waals surface area (Å²) in [5.74, 6) is 0. The number of aromatic nitrogens is 2. The van der Waals surface area contributed by atoms with E-state index in [1.807, 2.05) is 20.8 Å². The van der Waals surface area contributed by atoms with Gasteiger partial charge in [0.15, 0.2) is 0 Å². The first kappa shape index (κ1) is 14.5. The average molecular weight is 255 g/mol. The van der Waals surface area contributed by atoms with Gasteiger partial charge in [0.25, 0.3) is 0 Å². The van der Waals surface area contributed by atoms with E-state index < -0.39 is 5.60 Å². The minimum atomic E-state index is -0.528. The third-order valence-electron chi connectivity index (χ3n) is 2.15. The Balaban J connectivity index is 2.62. The Hall–Kier alpha value is -1.56. The maximum atomic E-state index is 12.0. The van der Waals surface area contributed by atoms with Crippen LogP contribution < -0.4 is 0 Å². The largest absolute Gasteiger partial charge is 0.444 e. The van der Waals surface area contributed by atoms with Crippen LogP contribution in [0.25, 0.3) is 0 Å². The number of aromatic amines is 1. The summed E-state index contributed by atoms with van der Waals surface area (Å²) in [6.07, 6.45) is 1.83. The molecular weight excluding hydrogens is 234 g/mol. The SMILES string of the molecule is CC(C)(C)OC(=O)N(CCCO)Cc1cc[nH]n1. The first-order valence-electron chi connectivity index (χ1n) is 6.00. The van der Waals surface area contributed by atoms with Gasteiger partial charge in [0.2, 0.25) is 0 Å². The molecule has 18 heavy (non-hydrogen) atoms. The number of carbonyl (C=O) groups excluding carboxylic acids is 1. The zero-order chi connectivity index (χ0) is 13.6. The van der Waals surface area contributed by atoms with Crippen LogP contribution in [0.15, 0.2) is 12.3 Å². The van der Waals surface area contributed by atoms with Crippen LogP contribution in [0, 0.1) is 0 Å². The fourth-order valence-corrected chi connectivity index (χ4v) is 1.40. The Bertz CT molecular complexity index is 357. The Morgan fingerprint density at radius 1 is 1.56 bits per heavy atom. The lowest BCUT2D eigenvalue weighted by Crippen LogP contribution is -2.37. The Kier molecular flexibility index (Phi) is 5.15. The molecule has 2 N–H and O–H groups in total. The Morgan fingerprint density at radius 2 is 2.28 bits per heavy atom. The van der Waals surface area contributed by atoms with Crippen molar-refractivity contribution in [3.05, 3.63) is 18.0 Å². The molecule has 102 valence electrons. The third kappa shape index (κ3) is 5.18. The third-order valence-corrected chi connectivity index (χ3v) is 2.15. The van der Waals surface area contributed by atoms with Gasteiger partial charge in [0.1, 0.15) is 5.60 Å². The minimum absolute atomic E-state index is 0.0415. The molecule has 0 saturated carbocycles. The molecule has 0 fully saturated rings. The quantitative estimate of drug-likeness (QED) is 0.836. The lowest BCUT2D eigenvalue weighted by molar-refractivity contribution is 0.0221. The van der Waals surface area contributed by atoms with Crippen molar-refractivity contribution in [2.24, 2.45) is 0 Å². The highest BCUT2D eigenvalue weighted by Gasteiger charge is 2.22. The molecule has 1 aromatic heterocycles. The lowest BCUT2D eigenvalue weighted by Gasteiger charge is -2.26. The van der Waals surface area contributed by atoms with Gasteiger partial charge in [-0.25, -0.2) is 4.79 Å². The summed E-state index contributed by atoms with van der Waals surface area (Å²) in [7, 11) is 0. The van der Waals surface area contributed by atoms with Gasteiger partial charge in [0, 0.05) is 19.3 Å². The molecule has 1 amide bonds. The number of rotatable bonds is 5. The Morgan fingerprint density at radius 3 is 2.78 bits per heavy atom. The van der Waals surface area contributed by atoms with Crippen molar-refractivity contribution in [3.63, 3.8) is 0 Å². The fourth-order valence-electron chi connectivity index (χ4n) is 1.40. The van der Waals surface area contributed by atoms with Crippen LogP contribution in [-0.2, 0) is 11.3 Å². The van der Waals surface area contributed by atoms with E-state index in [9.17, 15) is 4.79 Å². The van der Waals surface area contributed by atoms with Crippen LogP contribution in [0.2, 0.25) is 0 Å². The van der Waals surface area contributed by atoms with E-state index in [2.05, 4.69) is 10.2 Å². The van der Waals surface area contributed by atoms with E-state index in [1.165, 1.54) is 4.90 Å². The van der Waals surface area contributed by atoms with Crippen molar-refractivity contribution in [3.8, 4) is 0 Å². The van der Waals surface area contributed by atoms with Gasteiger partial charge in [0.05, 0.1) is 12.2 Å². The molecule has 0 aromatic carbocycles. The zero-order valence-electron chi connectivity index (χ0n) is 11.1. The molecular formula is C12H21N3O3. The highest BCUT2D eigenvalue weighted by Crippen LogP contribution is 2.12. The van der Waals surface area contributed by atoms with Crippen LogP contribution >= 0.6 is 0 Å². The molecule has 0 saturated heterocycles. The van der Waals surface area contributed by atoms with Crippen LogP contribution in [0.3, 0.4) is 0 Å². The summed E-state index contributed by atoms with van der Waals surface area (Å²) >= 11 is 0. The van der Waals surface area contributed by atoms with E-state index in [0.29, 0.717) is 19.5 Å². The predicted molar refractivity (Wildman–Crippen MR) is 66.9 cm³/mol. The van der Waals surface area contributed by atoms with Crippen LogP contribution in [-0.4, -0.2) is 45.0 Å². The summed E-state index contributed by atoms with van der Waals surface area (Å²) in [6, 6.07) is 1.80. The maximum Gasteiger partial charge on any atom is 0.410 e. The molecule has 0 aliphatic heterocycles. The molecule has 0 atom stereocenters. The summed E-state index contributed by atoms with van der Waals surface area (Å²) < 4.78 is 5.31. The zero-order valence-corrected chi connectivity index (χ0v) is 11.1. The van der Waals surface area contributed by atoms with Crippen LogP contribution in [0.4, 0.5) is 4.79 Å². The first-order valence-corrected chi connectivity index (χ1v) is 6.00. The summed E-state index contributed by atoms with van der Waals surface area (Å²) in [6.45, 7) is 6.33. The highest BCUT2D eigenvalue weighted by atomic mass is 16.6. The topological polar surface area (TPSA) is 78.5 Å². The Labute approximate surface area is 107 Å². The van der Waals surface area contributed by atoms with Gasteiger partial charge < -0.3 is 14.7 Å². The summed E-state index contributed by atoms with van der Waals surface area (Å²) in [4.78, 5) is 13.5. The van der Waals surface area contributed by atoms with Crippen molar-refractivity contribution in [2.75, 3.05) is 13.2 Å². The molecule has 0 aliphatic rings. The molecule has 1 rings (SSSR count). The van der Waals surface area contributed by atoms with Crippen LogP contribution in [0.5, 0.6) is 0 Å². The van der Waals surface area contributed by atoms with E-state index in [4.69, 9.17) is 9.84 Å². The fraction of sp³-hybridized carbons (Fsp3) is 0.667. The lowest BCUT2D eigenvalue weighted by atomic mass is 10.2. The number of aliphatic hydroxyl groups is 1. The minimum Gasteiger partial charge on any atom is -0.444 e. The van der Waals surface area contributed by atoms with Crippen molar-refractivity contribution < 1.29 is 14.6 Å². The number of ether oxygens (including phenoxy) is 1. The highest BCUT2D eigenvalue weighted by molar-refractivity contribution is 5.68. The second-order valence-electron chi connectivity index (χ2n) is 5.04. The molecule has 1 aromatic rings. The number of hydrogen-bond donors (Lipinski definition) is 2. The molecule has 6 nitrogen and oxygen atoms in total. The number of aliphatic hydroxyl groups excluding tert-OH is 1. The number of H-pyrrole nitrogens is 1. The molecule has 6 heteroatoms. The number of amides is 1. The predicted octanol–water partition coefficient (Wildman–Crippen LogP) is 1.53. The maximum absolute atomic E-state index is 12.0. The summed E-state index contributed by atoms with van der Waals surface area (Å²) in [5.41, 5.74) is 0.235. The number of hydrogen-bond acceptors (Lipinski definition) is 4. The molecule has 0 unspecified atom stereocenters. The number of nitrogens with zero attached hydrogens (tertiary/aromatic N) is 2. The molecule has 0 bridgehead atoms. The van der Waals surface area contributed by atoms with Gasteiger partial charge >= 0.3 is 6.09 Å². The van der Waals surface area contributed by atoms with Crippen molar-refractivity contribution >= 4 is 6.09 Å². The molecule has 1 heterocycles. The van der Waals surface area contributed by atoms with Crippen molar-refractivity contribution in [1.29, 1.82) is 0 Å². The van der Waals surface area contributed by atoms with Crippen molar-refractivity contribution in [1.82, 2.24) is 15.1 Å². The van der Waals surface area contributed by atoms with Gasteiger partial charge in [-0.15, -0.1) is 0 Å². The van der Waals surface area contributed by atoms with Gasteiger partial charge in [-0.3, -0.25) is 5.10 Å². The molecule has 0 aliphatic carbocycles. The van der Waals surface area contributed by atoms with E-state index >= 15 is 0 Å². The number of nitrogens with one attached hydrogen (secondary N) is 1. The normalized spacial score (nSPS) is 11.3. The van der Waals surface area contributed by atoms with Gasteiger partial charge in [-0.1, -0.05) is 0 Å². The second kappa shape index (κ2) is 6.39. The van der Waals surface area contributed by atoms with Gasteiger partial charge in [-0.2, -0.15) is 5.10 Å². The van der Waals surface area contributed by atoms with E-state index in [1.54, 1.807) is 12.3 Å². The second-order valence-corrected chi connectivity index (χ2v) is 5.04. The monoisotopic (exact) mass is 255 g/mol. The van der Waals surface area contributed by atoms with Crippen LogP contribution in [0.1, 0.15) is 32.9 Å². The molecule has 0 spiro atoms. The summed E-state index contributed by atoms with van der Waals surface area (Å²) in [5, 5.41) is 15.6. The smallest absolute Gasteiger partial charge is 0.410 e. The first-order chi connectivity index (χ1) is 8.42. The van der Waals surface area contributed by atoms with Gasteiger partial charge in [-0.05, 0) is 33.3 Å². The van der Waals surface area contributed by atoms with Crippen molar-refractivity contribution in [2.45, 2.75) is 39.3 Å². The number of carbonyl (C=O) groups is 1. The standard InChI is InChI=1S/C12H21N3O3/c1-12(2,3)18-11(17)15(7-4-8-16)9-10-5-6-13-14-10/h5-6,16H,4,7-9H2,1-3H3,(H,13,14). The van der Waals surface area contributed by atoms with E-state index in [0.717, 1.165) is 5.69 Å². The van der Waals surface area contributed by atoms with E-state index in [-0.39, 0.29) is 12.7 Å². The average Bonchev–Trinajstić information content (AvgIpc) is 2.74.